The molecule has 0 spiro atoms. The summed E-state index contributed by atoms with van der Waals surface area (Å²) in [6, 6.07) is -0.464. The van der Waals surface area contributed by atoms with E-state index in [2.05, 4.69) is 0 Å². The quantitative estimate of drug-likeness (QED) is 0.394. The first kappa shape index (κ1) is 9.00. The summed E-state index contributed by atoms with van der Waals surface area (Å²) in [5.41, 5.74) is 0. The van der Waals surface area contributed by atoms with Crippen LogP contribution >= 0.6 is 0 Å². The Morgan fingerprint density at radius 2 is 1.91 bits per heavy atom. The standard InChI is InChI=1S/C6H12BO4/c1-7-6-5(10)4(9)3(8)2-11-6/h3-6,8-10H,2H2,1H3. The van der Waals surface area contributed by atoms with Crippen LogP contribution in [0.5, 0.6) is 0 Å². The molecule has 3 N–H and O–H groups in total. The fraction of sp³-hybridized carbons (Fsp3) is 1.00. The maximum absolute atomic E-state index is 9.24. The molecule has 63 valence electrons. The summed E-state index contributed by atoms with van der Waals surface area (Å²) in [4.78, 5) is 0. The first-order valence-electron chi connectivity index (χ1n) is 3.62. The van der Waals surface area contributed by atoms with Crippen molar-refractivity contribution in [2.75, 3.05) is 6.61 Å². The number of aliphatic hydroxyl groups excluding tert-OH is 3. The Bertz CT molecular complexity index is 130. The number of rotatable bonds is 1. The zero-order valence-corrected chi connectivity index (χ0v) is 6.34. The summed E-state index contributed by atoms with van der Waals surface area (Å²) in [5.74, 6) is 0. The molecule has 0 aliphatic carbocycles. The lowest BCUT2D eigenvalue weighted by atomic mass is 9.69. The van der Waals surface area contributed by atoms with Crippen LogP contribution in [0.3, 0.4) is 0 Å². The van der Waals surface area contributed by atoms with Crippen LogP contribution in [-0.4, -0.2) is 53.5 Å². The third-order valence-corrected chi connectivity index (χ3v) is 1.87. The van der Waals surface area contributed by atoms with Gasteiger partial charge in [-0.1, -0.05) is 6.82 Å². The highest BCUT2D eigenvalue weighted by molar-refractivity contribution is 6.35. The van der Waals surface area contributed by atoms with Crippen molar-refractivity contribution >= 4 is 7.28 Å². The Morgan fingerprint density at radius 1 is 1.27 bits per heavy atom. The summed E-state index contributed by atoms with van der Waals surface area (Å²) < 4.78 is 5.01. The van der Waals surface area contributed by atoms with Gasteiger partial charge < -0.3 is 20.1 Å². The molecule has 0 bridgehead atoms. The molecule has 0 aromatic carbocycles. The Morgan fingerprint density at radius 3 is 2.45 bits per heavy atom. The van der Waals surface area contributed by atoms with Gasteiger partial charge in [0.25, 0.3) is 0 Å². The van der Waals surface area contributed by atoms with Gasteiger partial charge in [-0.15, -0.1) is 0 Å². The Balaban J connectivity index is 2.52. The lowest BCUT2D eigenvalue weighted by Crippen LogP contribution is -2.54. The normalized spacial score (nSPS) is 45.5. The van der Waals surface area contributed by atoms with Gasteiger partial charge in [-0.3, -0.25) is 0 Å². The Hall–Kier alpha value is -0.0951. The van der Waals surface area contributed by atoms with Crippen LogP contribution in [0.15, 0.2) is 0 Å². The summed E-state index contributed by atoms with van der Waals surface area (Å²) in [6.07, 6.45) is -3.07. The van der Waals surface area contributed by atoms with Crippen LogP contribution in [0.4, 0.5) is 0 Å². The highest BCUT2D eigenvalue weighted by atomic mass is 16.5. The molecule has 0 aromatic heterocycles. The highest BCUT2D eigenvalue weighted by Gasteiger charge is 2.36. The highest BCUT2D eigenvalue weighted by Crippen LogP contribution is 2.14. The fourth-order valence-electron chi connectivity index (χ4n) is 1.12. The molecule has 0 aromatic rings. The molecule has 5 heteroatoms. The minimum absolute atomic E-state index is 0.0766. The van der Waals surface area contributed by atoms with Crippen molar-refractivity contribution in [3.05, 3.63) is 0 Å². The lowest BCUT2D eigenvalue weighted by molar-refractivity contribution is -0.164. The molecule has 0 saturated carbocycles. The molecule has 1 rings (SSSR count). The smallest absolute Gasteiger partial charge is 0.149 e. The van der Waals surface area contributed by atoms with Gasteiger partial charge in [-0.25, -0.2) is 0 Å². The van der Waals surface area contributed by atoms with Gasteiger partial charge in [0.15, 0.2) is 0 Å². The lowest BCUT2D eigenvalue weighted by Gasteiger charge is -2.34. The number of hydrogen-bond acceptors (Lipinski definition) is 4. The third-order valence-electron chi connectivity index (χ3n) is 1.87. The van der Waals surface area contributed by atoms with E-state index < -0.39 is 24.3 Å². The summed E-state index contributed by atoms with van der Waals surface area (Å²) in [7, 11) is 1.65. The Labute approximate surface area is 66.0 Å². The van der Waals surface area contributed by atoms with Gasteiger partial charge in [-0.2, -0.15) is 0 Å². The second-order valence-corrected chi connectivity index (χ2v) is 2.68. The first-order chi connectivity index (χ1) is 5.16. The van der Waals surface area contributed by atoms with Gasteiger partial charge in [0.2, 0.25) is 0 Å². The monoisotopic (exact) mass is 159 g/mol. The topological polar surface area (TPSA) is 69.9 Å². The average Bonchev–Trinajstić information content (AvgIpc) is 2.01. The fourth-order valence-corrected chi connectivity index (χ4v) is 1.12. The first-order valence-corrected chi connectivity index (χ1v) is 3.62. The molecule has 1 fully saturated rings. The van der Waals surface area contributed by atoms with Crippen molar-refractivity contribution in [1.29, 1.82) is 0 Å². The molecular weight excluding hydrogens is 147 g/mol. The van der Waals surface area contributed by atoms with E-state index in [1.54, 1.807) is 14.1 Å². The van der Waals surface area contributed by atoms with Crippen molar-refractivity contribution in [1.82, 2.24) is 0 Å². The van der Waals surface area contributed by atoms with Crippen LogP contribution in [0.2, 0.25) is 6.82 Å². The van der Waals surface area contributed by atoms with Crippen LogP contribution in [0.1, 0.15) is 0 Å². The van der Waals surface area contributed by atoms with Crippen LogP contribution < -0.4 is 0 Å². The molecule has 0 amide bonds. The van der Waals surface area contributed by atoms with Gasteiger partial charge in [0, 0.05) is 0 Å². The minimum Gasteiger partial charge on any atom is -0.388 e. The molecular formula is C6H12BO4. The number of ether oxygens (including phenoxy) is 1. The summed E-state index contributed by atoms with van der Waals surface area (Å²) >= 11 is 0. The van der Waals surface area contributed by atoms with E-state index in [0.29, 0.717) is 0 Å². The SMILES string of the molecule is C[B]C1OCC(O)C(O)C1O. The molecule has 1 aliphatic heterocycles. The zero-order chi connectivity index (χ0) is 8.43. The van der Waals surface area contributed by atoms with Crippen LogP contribution in [-0.2, 0) is 4.74 Å². The second-order valence-electron chi connectivity index (χ2n) is 2.68. The van der Waals surface area contributed by atoms with Gasteiger partial charge in [-0.05, 0) is 0 Å². The van der Waals surface area contributed by atoms with Crippen molar-refractivity contribution in [3.8, 4) is 0 Å². The van der Waals surface area contributed by atoms with Gasteiger partial charge in [0.05, 0.1) is 12.6 Å². The molecule has 1 aliphatic rings. The molecule has 4 nitrogen and oxygen atoms in total. The molecule has 1 heterocycles. The minimum atomic E-state index is -1.09. The van der Waals surface area contributed by atoms with Crippen molar-refractivity contribution in [2.45, 2.75) is 31.1 Å². The molecule has 1 saturated heterocycles. The van der Waals surface area contributed by atoms with Gasteiger partial charge >= 0.3 is 0 Å². The van der Waals surface area contributed by atoms with E-state index >= 15 is 0 Å². The van der Waals surface area contributed by atoms with Gasteiger partial charge in [0.1, 0.15) is 25.6 Å². The molecule has 4 unspecified atom stereocenters. The maximum Gasteiger partial charge on any atom is 0.149 e. The van der Waals surface area contributed by atoms with E-state index in [1.165, 1.54) is 0 Å². The molecule has 4 atom stereocenters. The van der Waals surface area contributed by atoms with E-state index in [1.807, 2.05) is 0 Å². The van der Waals surface area contributed by atoms with Crippen molar-refractivity contribution in [3.63, 3.8) is 0 Å². The molecule has 11 heavy (non-hydrogen) atoms. The molecule has 1 radical (unpaired) electrons. The predicted molar refractivity (Wildman–Crippen MR) is 39.4 cm³/mol. The van der Waals surface area contributed by atoms with E-state index in [4.69, 9.17) is 14.9 Å². The number of hydrogen-bond donors (Lipinski definition) is 3. The predicted octanol–water partition coefficient (Wildman–Crippen LogP) is -1.82. The summed E-state index contributed by atoms with van der Waals surface area (Å²) in [6.45, 7) is 1.81. The summed E-state index contributed by atoms with van der Waals surface area (Å²) in [5, 5.41) is 27.4. The average molecular weight is 159 g/mol. The number of aliphatic hydroxyl groups is 3. The third kappa shape index (κ3) is 1.73. The largest absolute Gasteiger partial charge is 0.388 e. The van der Waals surface area contributed by atoms with Crippen LogP contribution in [0, 0.1) is 0 Å². The second kappa shape index (κ2) is 3.54. The van der Waals surface area contributed by atoms with E-state index in [9.17, 15) is 5.11 Å². The van der Waals surface area contributed by atoms with Crippen LogP contribution in [0.25, 0.3) is 0 Å². The van der Waals surface area contributed by atoms with Crippen molar-refractivity contribution < 1.29 is 20.1 Å². The maximum atomic E-state index is 9.24. The van der Waals surface area contributed by atoms with E-state index in [0.717, 1.165) is 0 Å². The van der Waals surface area contributed by atoms with Crippen molar-refractivity contribution in [2.24, 2.45) is 0 Å². The zero-order valence-electron chi connectivity index (χ0n) is 6.34. The van der Waals surface area contributed by atoms with E-state index in [-0.39, 0.29) is 6.61 Å². The Kier molecular flexibility index (Phi) is 2.89.